The number of anilines is 1. The van der Waals surface area contributed by atoms with E-state index in [-0.39, 0.29) is 0 Å². The molecule has 0 fully saturated rings. The maximum absolute atomic E-state index is 12.3. The second kappa shape index (κ2) is 8.12. The lowest BCUT2D eigenvalue weighted by Gasteiger charge is -2.20. The summed E-state index contributed by atoms with van der Waals surface area (Å²) in [6.07, 6.45) is 0.781. The number of halogens is 1. The Labute approximate surface area is 136 Å². The van der Waals surface area contributed by atoms with E-state index in [2.05, 4.69) is 26.0 Å². The highest BCUT2D eigenvalue weighted by Gasteiger charge is 2.19. The van der Waals surface area contributed by atoms with Gasteiger partial charge in [-0.1, -0.05) is 22.9 Å². The molecule has 1 aromatic carbocycles. The van der Waals surface area contributed by atoms with Gasteiger partial charge in [0.1, 0.15) is 0 Å². The van der Waals surface area contributed by atoms with Crippen molar-refractivity contribution >= 4 is 31.8 Å². The van der Waals surface area contributed by atoms with E-state index in [1.165, 1.54) is 4.31 Å². The first-order valence-electron chi connectivity index (χ1n) is 6.99. The van der Waals surface area contributed by atoms with E-state index in [9.17, 15) is 8.42 Å². The fourth-order valence-electron chi connectivity index (χ4n) is 2.00. The van der Waals surface area contributed by atoms with Gasteiger partial charge in [-0.25, -0.2) is 0 Å². The summed E-state index contributed by atoms with van der Waals surface area (Å²) in [7, 11) is -1.92. The van der Waals surface area contributed by atoms with Gasteiger partial charge in [-0.15, -0.1) is 0 Å². The SMILES string of the molecule is CCNCCCN(C)S(=O)(=O)Nc1c(C)cc(Br)cc1C. The summed E-state index contributed by atoms with van der Waals surface area (Å²) in [5.41, 5.74) is 2.44. The van der Waals surface area contributed by atoms with Crippen molar-refractivity contribution in [2.45, 2.75) is 27.2 Å². The molecule has 0 unspecified atom stereocenters. The molecular weight excluding hydrogens is 354 g/mol. The van der Waals surface area contributed by atoms with Crippen molar-refractivity contribution in [3.05, 3.63) is 27.7 Å². The lowest BCUT2D eigenvalue weighted by atomic mass is 10.1. The highest BCUT2D eigenvalue weighted by Crippen LogP contribution is 2.26. The molecule has 1 aromatic rings. The highest BCUT2D eigenvalue weighted by atomic mass is 79.9. The fourth-order valence-corrected chi connectivity index (χ4v) is 3.79. The topological polar surface area (TPSA) is 61.4 Å². The van der Waals surface area contributed by atoms with Gasteiger partial charge >= 0.3 is 10.2 Å². The Kier molecular flexibility index (Phi) is 7.12. The first-order valence-corrected chi connectivity index (χ1v) is 9.22. The van der Waals surface area contributed by atoms with Crippen LogP contribution in [0, 0.1) is 13.8 Å². The molecule has 1 rings (SSSR count). The Morgan fingerprint density at radius 2 is 1.81 bits per heavy atom. The third kappa shape index (κ3) is 5.58. The summed E-state index contributed by atoms with van der Waals surface area (Å²) >= 11 is 3.41. The van der Waals surface area contributed by atoms with Crippen LogP contribution in [0.5, 0.6) is 0 Å². The summed E-state index contributed by atoms with van der Waals surface area (Å²) < 4.78 is 29.6. The smallest absolute Gasteiger partial charge is 0.301 e. The molecule has 0 spiro atoms. The molecule has 120 valence electrons. The van der Waals surface area contributed by atoms with Gasteiger partial charge in [0.15, 0.2) is 0 Å². The second-order valence-corrected chi connectivity index (χ2v) is 7.74. The lowest BCUT2D eigenvalue weighted by Crippen LogP contribution is -2.34. The average Bonchev–Trinajstić information content (AvgIpc) is 2.38. The van der Waals surface area contributed by atoms with Crippen molar-refractivity contribution < 1.29 is 8.42 Å². The van der Waals surface area contributed by atoms with E-state index in [0.717, 1.165) is 35.1 Å². The Bertz CT molecular complexity index is 553. The van der Waals surface area contributed by atoms with Crippen LogP contribution < -0.4 is 10.0 Å². The van der Waals surface area contributed by atoms with Crippen molar-refractivity contribution in [1.82, 2.24) is 9.62 Å². The molecule has 0 amide bonds. The highest BCUT2D eigenvalue weighted by molar-refractivity contribution is 9.10. The Morgan fingerprint density at radius 1 is 1.24 bits per heavy atom. The number of benzene rings is 1. The van der Waals surface area contributed by atoms with Crippen molar-refractivity contribution in [2.24, 2.45) is 0 Å². The molecule has 2 N–H and O–H groups in total. The minimum absolute atomic E-state index is 0.483. The molecule has 0 saturated heterocycles. The van der Waals surface area contributed by atoms with Crippen LogP contribution in [0.25, 0.3) is 0 Å². The summed E-state index contributed by atoms with van der Waals surface area (Å²) in [5, 5.41) is 3.18. The number of hydrogen-bond donors (Lipinski definition) is 2. The molecule has 21 heavy (non-hydrogen) atoms. The number of nitrogens with one attached hydrogen (secondary N) is 2. The number of hydrogen-bond acceptors (Lipinski definition) is 3. The zero-order valence-corrected chi connectivity index (χ0v) is 15.4. The minimum Gasteiger partial charge on any atom is -0.317 e. The summed E-state index contributed by atoms with van der Waals surface area (Å²) in [6.45, 7) is 8.00. The molecule has 0 aliphatic heterocycles. The Balaban J connectivity index is 2.76. The van der Waals surface area contributed by atoms with Crippen LogP contribution in [0.3, 0.4) is 0 Å². The largest absolute Gasteiger partial charge is 0.317 e. The van der Waals surface area contributed by atoms with Gasteiger partial charge in [0.05, 0.1) is 5.69 Å². The molecular formula is C14H24BrN3O2S. The third-order valence-corrected chi connectivity index (χ3v) is 5.14. The van der Waals surface area contributed by atoms with Gasteiger partial charge in [-0.05, 0) is 56.6 Å². The second-order valence-electron chi connectivity index (χ2n) is 5.05. The molecule has 5 nitrogen and oxygen atoms in total. The predicted molar refractivity (Wildman–Crippen MR) is 91.9 cm³/mol. The molecule has 0 heterocycles. The van der Waals surface area contributed by atoms with Gasteiger partial charge in [0.25, 0.3) is 0 Å². The molecule has 0 saturated carbocycles. The van der Waals surface area contributed by atoms with E-state index in [0.29, 0.717) is 12.2 Å². The van der Waals surface area contributed by atoms with Crippen molar-refractivity contribution in [3.63, 3.8) is 0 Å². The Hall–Kier alpha value is -0.630. The van der Waals surface area contributed by atoms with Gasteiger partial charge in [-0.3, -0.25) is 4.72 Å². The zero-order valence-electron chi connectivity index (χ0n) is 13.0. The molecule has 7 heteroatoms. The zero-order chi connectivity index (χ0) is 16.0. The van der Waals surface area contributed by atoms with Crippen LogP contribution in [0.15, 0.2) is 16.6 Å². The molecule has 0 aliphatic carbocycles. The van der Waals surface area contributed by atoms with E-state index < -0.39 is 10.2 Å². The predicted octanol–water partition coefficient (Wildman–Crippen LogP) is 2.65. The first kappa shape index (κ1) is 18.4. The fraction of sp³-hybridized carbons (Fsp3) is 0.571. The van der Waals surface area contributed by atoms with E-state index in [1.54, 1.807) is 7.05 Å². The quantitative estimate of drug-likeness (QED) is 0.684. The number of nitrogens with zero attached hydrogens (tertiary/aromatic N) is 1. The summed E-state index contributed by atoms with van der Waals surface area (Å²) in [6, 6.07) is 3.80. The van der Waals surface area contributed by atoms with Crippen molar-refractivity contribution in [3.8, 4) is 0 Å². The van der Waals surface area contributed by atoms with Crippen LogP contribution in [0.4, 0.5) is 5.69 Å². The van der Waals surface area contributed by atoms with Gasteiger partial charge < -0.3 is 5.32 Å². The van der Waals surface area contributed by atoms with Crippen LogP contribution in [0.1, 0.15) is 24.5 Å². The number of aryl methyl sites for hydroxylation is 2. The number of rotatable bonds is 8. The van der Waals surface area contributed by atoms with E-state index in [4.69, 9.17) is 0 Å². The van der Waals surface area contributed by atoms with Crippen LogP contribution in [-0.4, -0.2) is 39.4 Å². The van der Waals surface area contributed by atoms with Crippen LogP contribution >= 0.6 is 15.9 Å². The maximum Gasteiger partial charge on any atom is 0.301 e. The van der Waals surface area contributed by atoms with Crippen molar-refractivity contribution in [2.75, 3.05) is 31.4 Å². The molecule has 0 aliphatic rings. The molecule has 0 aromatic heterocycles. The first-order chi connectivity index (χ1) is 9.77. The lowest BCUT2D eigenvalue weighted by molar-refractivity contribution is 0.459. The average molecular weight is 378 g/mol. The molecule has 0 atom stereocenters. The van der Waals surface area contributed by atoms with Gasteiger partial charge in [-0.2, -0.15) is 12.7 Å². The summed E-state index contributed by atoms with van der Waals surface area (Å²) in [5.74, 6) is 0. The third-order valence-electron chi connectivity index (χ3n) is 3.22. The molecule has 0 bridgehead atoms. The monoisotopic (exact) mass is 377 g/mol. The van der Waals surface area contributed by atoms with Crippen LogP contribution in [-0.2, 0) is 10.2 Å². The Morgan fingerprint density at radius 3 is 2.33 bits per heavy atom. The maximum atomic E-state index is 12.3. The van der Waals surface area contributed by atoms with Gasteiger partial charge in [0.2, 0.25) is 0 Å². The van der Waals surface area contributed by atoms with E-state index in [1.807, 2.05) is 32.9 Å². The van der Waals surface area contributed by atoms with Crippen molar-refractivity contribution in [1.29, 1.82) is 0 Å². The summed E-state index contributed by atoms with van der Waals surface area (Å²) in [4.78, 5) is 0. The minimum atomic E-state index is -3.52. The molecule has 0 radical (unpaired) electrons. The van der Waals surface area contributed by atoms with Crippen LogP contribution in [0.2, 0.25) is 0 Å². The van der Waals surface area contributed by atoms with Gasteiger partial charge in [0, 0.05) is 18.1 Å². The standard InChI is InChI=1S/C14H24BrN3O2S/c1-5-16-7-6-8-18(4)21(19,20)17-14-11(2)9-13(15)10-12(14)3/h9-10,16-17H,5-8H2,1-4H3. The van der Waals surface area contributed by atoms with E-state index >= 15 is 0 Å². The normalized spacial score (nSPS) is 11.9.